The number of anilines is 1. The van der Waals surface area contributed by atoms with E-state index in [1.54, 1.807) is 0 Å². The quantitative estimate of drug-likeness (QED) is 0.571. The van der Waals surface area contributed by atoms with Crippen molar-refractivity contribution in [1.29, 1.82) is 5.26 Å². The lowest BCUT2D eigenvalue weighted by Gasteiger charge is -2.34. The predicted octanol–water partition coefficient (Wildman–Crippen LogP) is 5.06. The van der Waals surface area contributed by atoms with Crippen LogP contribution in [0.25, 0.3) is 11.5 Å². The molecule has 0 radical (unpaired) electrons. The van der Waals surface area contributed by atoms with Gasteiger partial charge in [0.1, 0.15) is 18.4 Å². The van der Waals surface area contributed by atoms with Crippen molar-refractivity contribution in [1.82, 2.24) is 4.98 Å². The Hall–Kier alpha value is -3.01. The van der Waals surface area contributed by atoms with Gasteiger partial charge in [-0.1, -0.05) is 23.7 Å². The van der Waals surface area contributed by atoms with E-state index >= 15 is 0 Å². The number of hydrogen-bond acceptors (Lipinski definition) is 6. The first-order valence-corrected chi connectivity index (χ1v) is 10.2. The molecule has 30 heavy (non-hydrogen) atoms. The number of rotatable bonds is 5. The number of nitrogens with zero attached hydrogens (tertiary/aromatic N) is 3. The lowest BCUT2D eigenvalue weighted by atomic mass is 10.2. The van der Waals surface area contributed by atoms with E-state index in [0.29, 0.717) is 36.5 Å². The Balaban J connectivity index is 1.48. The zero-order chi connectivity index (χ0) is 21.1. The van der Waals surface area contributed by atoms with Crippen molar-refractivity contribution < 1.29 is 13.9 Å². The van der Waals surface area contributed by atoms with Gasteiger partial charge in [0, 0.05) is 23.7 Å². The van der Waals surface area contributed by atoms with Crippen LogP contribution in [0, 0.1) is 11.3 Å². The van der Waals surface area contributed by atoms with Gasteiger partial charge < -0.3 is 18.8 Å². The summed E-state index contributed by atoms with van der Waals surface area (Å²) in [5, 5.41) is 10.2. The van der Waals surface area contributed by atoms with Crippen LogP contribution in [0.1, 0.15) is 25.1 Å². The summed E-state index contributed by atoms with van der Waals surface area (Å²) in [6.07, 6.45) is 0.122. The van der Waals surface area contributed by atoms with Crippen molar-refractivity contribution in [2.75, 3.05) is 18.0 Å². The highest BCUT2D eigenvalue weighted by atomic mass is 35.5. The number of oxazole rings is 1. The van der Waals surface area contributed by atoms with Crippen molar-refractivity contribution in [3.63, 3.8) is 0 Å². The Morgan fingerprint density at radius 2 is 1.77 bits per heavy atom. The fraction of sp³-hybridized carbons (Fsp3) is 0.304. The molecular formula is C23H22ClN3O3. The van der Waals surface area contributed by atoms with Crippen molar-refractivity contribution in [2.45, 2.75) is 32.7 Å². The Bertz CT molecular complexity index is 1030. The number of morpholine rings is 1. The van der Waals surface area contributed by atoms with Gasteiger partial charge in [-0.3, -0.25) is 0 Å². The van der Waals surface area contributed by atoms with Crippen LogP contribution in [0.5, 0.6) is 5.75 Å². The van der Waals surface area contributed by atoms with E-state index in [1.807, 2.05) is 67.3 Å². The fourth-order valence-corrected chi connectivity index (χ4v) is 3.63. The highest BCUT2D eigenvalue weighted by Crippen LogP contribution is 2.31. The van der Waals surface area contributed by atoms with Gasteiger partial charge in [-0.15, -0.1) is 0 Å². The molecule has 4 rings (SSSR count). The standard InChI is InChI=1S/C23H22ClN3O3/c1-15-12-27(13-16(2)29-15)23-21(11-25)26-22(30-23)18-5-9-20(10-6-18)28-14-17-3-7-19(24)8-4-17/h3-10,15-16H,12-14H2,1-2H3. The van der Waals surface area contributed by atoms with Gasteiger partial charge in [-0.05, 0) is 55.8 Å². The summed E-state index contributed by atoms with van der Waals surface area (Å²) in [7, 11) is 0. The summed E-state index contributed by atoms with van der Waals surface area (Å²) >= 11 is 5.91. The molecule has 0 N–H and O–H groups in total. The number of hydrogen-bond donors (Lipinski definition) is 0. The van der Waals surface area contributed by atoms with Crippen molar-refractivity contribution in [3.05, 3.63) is 64.8 Å². The van der Waals surface area contributed by atoms with Crippen LogP contribution in [0.15, 0.2) is 52.9 Å². The minimum Gasteiger partial charge on any atom is -0.489 e. The molecule has 0 aliphatic carbocycles. The van der Waals surface area contributed by atoms with Gasteiger partial charge in [-0.25, -0.2) is 0 Å². The molecule has 0 spiro atoms. The Morgan fingerprint density at radius 3 is 2.40 bits per heavy atom. The second-order valence-electron chi connectivity index (χ2n) is 7.39. The normalized spacial score (nSPS) is 18.8. The maximum Gasteiger partial charge on any atom is 0.235 e. The third-order valence-corrected chi connectivity index (χ3v) is 5.09. The van der Waals surface area contributed by atoms with E-state index in [9.17, 15) is 5.26 Å². The van der Waals surface area contributed by atoms with E-state index in [-0.39, 0.29) is 17.9 Å². The summed E-state index contributed by atoms with van der Waals surface area (Å²) < 4.78 is 17.6. The molecule has 1 fully saturated rings. The summed E-state index contributed by atoms with van der Waals surface area (Å²) in [6, 6.07) is 17.2. The van der Waals surface area contributed by atoms with E-state index < -0.39 is 0 Å². The van der Waals surface area contributed by atoms with Crippen LogP contribution in [-0.2, 0) is 11.3 Å². The number of aromatic nitrogens is 1. The Labute approximate surface area is 180 Å². The van der Waals surface area contributed by atoms with Gasteiger partial charge >= 0.3 is 0 Å². The predicted molar refractivity (Wildman–Crippen MR) is 115 cm³/mol. The lowest BCUT2D eigenvalue weighted by molar-refractivity contribution is -0.00638. The minimum atomic E-state index is 0.0610. The van der Waals surface area contributed by atoms with Crippen molar-refractivity contribution >= 4 is 17.5 Å². The monoisotopic (exact) mass is 423 g/mol. The molecule has 1 saturated heterocycles. The summed E-state index contributed by atoms with van der Waals surface area (Å²) in [4.78, 5) is 6.42. The average molecular weight is 424 g/mol. The first-order chi connectivity index (χ1) is 14.5. The molecule has 0 saturated carbocycles. The van der Waals surface area contributed by atoms with Gasteiger partial charge in [-0.2, -0.15) is 10.2 Å². The van der Waals surface area contributed by atoms with Crippen molar-refractivity contribution in [2.24, 2.45) is 0 Å². The van der Waals surface area contributed by atoms with Crippen LogP contribution < -0.4 is 9.64 Å². The molecule has 2 atom stereocenters. The molecule has 0 bridgehead atoms. The highest BCUT2D eigenvalue weighted by molar-refractivity contribution is 6.30. The smallest absolute Gasteiger partial charge is 0.235 e. The van der Waals surface area contributed by atoms with E-state index in [4.69, 9.17) is 25.5 Å². The fourth-order valence-electron chi connectivity index (χ4n) is 3.51. The van der Waals surface area contributed by atoms with Crippen molar-refractivity contribution in [3.8, 4) is 23.3 Å². The maximum absolute atomic E-state index is 9.52. The maximum atomic E-state index is 9.52. The molecule has 2 aromatic carbocycles. The largest absolute Gasteiger partial charge is 0.489 e. The second kappa shape index (κ2) is 8.78. The summed E-state index contributed by atoms with van der Waals surface area (Å²) in [5.41, 5.74) is 2.11. The topological polar surface area (TPSA) is 71.5 Å². The molecule has 154 valence electrons. The molecule has 2 heterocycles. The van der Waals surface area contributed by atoms with Gasteiger partial charge in [0.15, 0.2) is 0 Å². The molecule has 0 amide bonds. The van der Waals surface area contributed by atoms with Crippen LogP contribution >= 0.6 is 11.6 Å². The summed E-state index contributed by atoms with van der Waals surface area (Å²) in [6.45, 7) is 5.78. The third kappa shape index (κ3) is 4.59. The Kier molecular flexibility index (Phi) is 5.93. The minimum absolute atomic E-state index is 0.0610. The van der Waals surface area contributed by atoms with Gasteiger partial charge in [0.25, 0.3) is 0 Å². The summed E-state index contributed by atoms with van der Waals surface area (Å²) in [5.74, 6) is 1.65. The van der Waals surface area contributed by atoms with Crippen LogP contribution in [0.4, 0.5) is 5.88 Å². The number of nitriles is 1. The van der Waals surface area contributed by atoms with Crippen LogP contribution in [-0.4, -0.2) is 30.3 Å². The first kappa shape index (κ1) is 20.3. The SMILES string of the molecule is CC1CN(c2oc(-c3ccc(OCc4ccc(Cl)cc4)cc3)nc2C#N)CC(C)O1. The molecule has 1 aliphatic rings. The zero-order valence-electron chi connectivity index (χ0n) is 16.8. The number of ether oxygens (including phenoxy) is 2. The number of benzene rings is 2. The first-order valence-electron chi connectivity index (χ1n) is 9.81. The molecule has 1 aliphatic heterocycles. The third-order valence-electron chi connectivity index (χ3n) is 4.84. The van der Waals surface area contributed by atoms with Gasteiger partial charge in [0.2, 0.25) is 17.5 Å². The van der Waals surface area contributed by atoms with E-state index in [1.165, 1.54) is 0 Å². The molecular weight excluding hydrogens is 402 g/mol. The zero-order valence-corrected chi connectivity index (χ0v) is 17.6. The van der Waals surface area contributed by atoms with E-state index in [0.717, 1.165) is 16.9 Å². The number of halogens is 1. The lowest BCUT2D eigenvalue weighted by Crippen LogP contribution is -2.45. The molecule has 2 unspecified atom stereocenters. The second-order valence-corrected chi connectivity index (χ2v) is 7.82. The molecule has 1 aromatic heterocycles. The average Bonchev–Trinajstić information content (AvgIpc) is 3.18. The van der Waals surface area contributed by atoms with Crippen LogP contribution in [0.2, 0.25) is 5.02 Å². The Morgan fingerprint density at radius 1 is 1.10 bits per heavy atom. The molecule has 7 heteroatoms. The van der Waals surface area contributed by atoms with E-state index in [2.05, 4.69) is 11.1 Å². The molecule has 6 nitrogen and oxygen atoms in total. The van der Waals surface area contributed by atoms with Crippen LogP contribution in [0.3, 0.4) is 0 Å². The van der Waals surface area contributed by atoms with Gasteiger partial charge in [0.05, 0.1) is 12.2 Å². The molecule has 3 aromatic rings. The highest BCUT2D eigenvalue weighted by Gasteiger charge is 2.28.